The molecule has 4 fully saturated rings. The van der Waals surface area contributed by atoms with E-state index in [0.29, 0.717) is 0 Å². The third-order valence-corrected chi connectivity index (χ3v) is 4.50. The summed E-state index contributed by atoms with van der Waals surface area (Å²) in [6.07, 6.45) is 7.52. The van der Waals surface area contributed by atoms with E-state index in [1.54, 1.807) is 12.3 Å². The van der Waals surface area contributed by atoms with Crippen molar-refractivity contribution in [3.8, 4) is 0 Å². The molecule has 73 valence electrons. The molecule has 13 heavy (non-hydrogen) atoms. The fraction of sp³-hybridized carbons (Fsp3) is 0.917. The van der Waals surface area contributed by atoms with Crippen LogP contribution in [0.25, 0.3) is 0 Å². The summed E-state index contributed by atoms with van der Waals surface area (Å²) < 4.78 is 5.33. The molecule has 0 heterocycles. The SMILES string of the molecule is COC[C]1C2CC3CC(C2)CC1C3. The molecule has 0 saturated heterocycles. The van der Waals surface area contributed by atoms with Crippen LogP contribution in [0.15, 0.2) is 0 Å². The van der Waals surface area contributed by atoms with Gasteiger partial charge in [0.1, 0.15) is 0 Å². The zero-order valence-electron chi connectivity index (χ0n) is 8.46. The lowest BCUT2D eigenvalue weighted by Gasteiger charge is -2.54. The molecule has 0 aromatic rings. The van der Waals surface area contributed by atoms with Gasteiger partial charge < -0.3 is 4.74 Å². The molecule has 0 atom stereocenters. The quantitative estimate of drug-likeness (QED) is 0.633. The van der Waals surface area contributed by atoms with Crippen LogP contribution in [0.3, 0.4) is 0 Å². The Balaban J connectivity index is 1.77. The fourth-order valence-corrected chi connectivity index (χ4v) is 4.19. The van der Waals surface area contributed by atoms with Crippen molar-refractivity contribution in [3.63, 3.8) is 0 Å². The normalized spacial score (nSPS) is 48.7. The monoisotopic (exact) mass is 179 g/mol. The maximum Gasteiger partial charge on any atom is 0.0530 e. The van der Waals surface area contributed by atoms with Crippen molar-refractivity contribution in [2.75, 3.05) is 13.7 Å². The van der Waals surface area contributed by atoms with Crippen LogP contribution >= 0.6 is 0 Å². The van der Waals surface area contributed by atoms with Gasteiger partial charge >= 0.3 is 0 Å². The second kappa shape index (κ2) is 2.98. The average molecular weight is 179 g/mol. The Morgan fingerprint density at radius 3 is 2.00 bits per heavy atom. The number of rotatable bonds is 2. The van der Waals surface area contributed by atoms with Crippen molar-refractivity contribution in [3.05, 3.63) is 5.92 Å². The Morgan fingerprint density at radius 2 is 1.54 bits per heavy atom. The molecule has 0 aromatic heterocycles. The minimum absolute atomic E-state index is 0.953. The van der Waals surface area contributed by atoms with Crippen molar-refractivity contribution >= 4 is 0 Å². The third-order valence-electron chi connectivity index (χ3n) is 4.50. The zero-order chi connectivity index (χ0) is 8.84. The molecular weight excluding hydrogens is 160 g/mol. The van der Waals surface area contributed by atoms with E-state index < -0.39 is 0 Å². The van der Waals surface area contributed by atoms with E-state index in [2.05, 4.69) is 0 Å². The first kappa shape index (κ1) is 8.28. The molecule has 4 rings (SSSR count). The first-order chi connectivity index (χ1) is 6.36. The Morgan fingerprint density at radius 1 is 1.00 bits per heavy atom. The average Bonchev–Trinajstić information content (AvgIpc) is 2.10. The molecule has 4 aliphatic carbocycles. The lowest BCUT2D eigenvalue weighted by Crippen LogP contribution is -2.45. The molecule has 0 unspecified atom stereocenters. The molecule has 0 spiro atoms. The van der Waals surface area contributed by atoms with E-state index in [9.17, 15) is 0 Å². The minimum Gasteiger partial charge on any atom is -0.384 e. The molecule has 0 amide bonds. The minimum atomic E-state index is 0.953. The maximum atomic E-state index is 5.33. The second-order valence-corrected chi connectivity index (χ2v) is 5.31. The summed E-state index contributed by atoms with van der Waals surface area (Å²) in [4.78, 5) is 0. The molecule has 1 heteroatoms. The van der Waals surface area contributed by atoms with Crippen LogP contribution in [0.2, 0.25) is 0 Å². The van der Waals surface area contributed by atoms with Crippen molar-refractivity contribution in [2.45, 2.75) is 32.1 Å². The highest BCUT2D eigenvalue weighted by molar-refractivity contribution is 5.13. The molecular formula is C12H19O. The van der Waals surface area contributed by atoms with Crippen LogP contribution in [0.4, 0.5) is 0 Å². The van der Waals surface area contributed by atoms with E-state index in [1.807, 2.05) is 7.11 Å². The van der Waals surface area contributed by atoms with Crippen molar-refractivity contribution < 1.29 is 4.74 Å². The predicted octanol–water partition coefficient (Wildman–Crippen LogP) is 2.66. The number of methoxy groups -OCH3 is 1. The van der Waals surface area contributed by atoms with E-state index in [1.165, 1.54) is 25.7 Å². The Bertz CT molecular complexity index is 171. The first-order valence-electron chi connectivity index (χ1n) is 5.71. The molecule has 4 bridgehead atoms. The number of ether oxygens (including phenoxy) is 1. The van der Waals surface area contributed by atoms with Gasteiger partial charge in [0.15, 0.2) is 0 Å². The van der Waals surface area contributed by atoms with Gasteiger partial charge in [-0.05, 0) is 55.8 Å². The van der Waals surface area contributed by atoms with Crippen LogP contribution in [0, 0.1) is 29.6 Å². The van der Waals surface area contributed by atoms with Gasteiger partial charge in [0, 0.05) is 13.0 Å². The topological polar surface area (TPSA) is 9.23 Å². The second-order valence-electron chi connectivity index (χ2n) is 5.31. The largest absolute Gasteiger partial charge is 0.384 e. The first-order valence-corrected chi connectivity index (χ1v) is 5.71. The number of hydrogen-bond acceptors (Lipinski definition) is 1. The van der Waals surface area contributed by atoms with Gasteiger partial charge in [-0.3, -0.25) is 0 Å². The summed E-state index contributed by atoms with van der Waals surface area (Å²) >= 11 is 0. The van der Waals surface area contributed by atoms with Crippen LogP contribution in [-0.2, 0) is 4.74 Å². The van der Waals surface area contributed by atoms with Crippen LogP contribution in [-0.4, -0.2) is 13.7 Å². The molecule has 4 aliphatic rings. The van der Waals surface area contributed by atoms with Gasteiger partial charge in [-0.25, -0.2) is 0 Å². The van der Waals surface area contributed by atoms with Crippen molar-refractivity contribution in [1.29, 1.82) is 0 Å². The molecule has 1 nitrogen and oxygen atoms in total. The summed E-state index contributed by atoms with van der Waals surface area (Å²) in [6, 6.07) is 0. The standard InChI is InChI=1S/C12H19O/c1-13-7-12-10-3-8-2-9(5-10)6-11(12)4-8/h8-11H,2-7H2,1H3. The number of hydrogen-bond donors (Lipinski definition) is 0. The lowest BCUT2D eigenvalue weighted by atomic mass is 9.52. The highest BCUT2D eigenvalue weighted by Crippen LogP contribution is 2.57. The van der Waals surface area contributed by atoms with E-state index in [4.69, 9.17) is 4.74 Å². The van der Waals surface area contributed by atoms with Crippen molar-refractivity contribution in [1.82, 2.24) is 0 Å². The van der Waals surface area contributed by atoms with Crippen molar-refractivity contribution in [2.24, 2.45) is 23.7 Å². The Labute approximate surface area is 80.8 Å². The van der Waals surface area contributed by atoms with Crippen LogP contribution in [0.5, 0.6) is 0 Å². The Kier molecular flexibility index (Phi) is 1.90. The summed E-state index contributed by atoms with van der Waals surface area (Å²) in [6.45, 7) is 0.953. The smallest absolute Gasteiger partial charge is 0.0530 e. The Hall–Kier alpha value is -0.0400. The molecule has 0 aliphatic heterocycles. The van der Waals surface area contributed by atoms with Gasteiger partial charge in [0.05, 0.1) is 6.61 Å². The zero-order valence-corrected chi connectivity index (χ0v) is 8.46. The summed E-state index contributed by atoms with van der Waals surface area (Å²) in [5.41, 5.74) is 0. The summed E-state index contributed by atoms with van der Waals surface area (Å²) in [7, 11) is 1.85. The highest BCUT2D eigenvalue weighted by atomic mass is 16.5. The summed E-state index contributed by atoms with van der Waals surface area (Å²) in [5.74, 6) is 5.85. The fourth-order valence-electron chi connectivity index (χ4n) is 4.19. The maximum absolute atomic E-state index is 5.33. The molecule has 4 saturated carbocycles. The van der Waals surface area contributed by atoms with Gasteiger partial charge in [-0.1, -0.05) is 0 Å². The van der Waals surface area contributed by atoms with E-state index >= 15 is 0 Å². The summed E-state index contributed by atoms with van der Waals surface area (Å²) in [5, 5.41) is 0. The predicted molar refractivity (Wildman–Crippen MR) is 52.2 cm³/mol. The molecule has 0 aromatic carbocycles. The van der Waals surface area contributed by atoms with Gasteiger partial charge in [-0.15, -0.1) is 0 Å². The van der Waals surface area contributed by atoms with Crippen LogP contribution < -0.4 is 0 Å². The van der Waals surface area contributed by atoms with E-state index in [-0.39, 0.29) is 0 Å². The third kappa shape index (κ3) is 1.24. The highest BCUT2D eigenvalue weighted by Gasteiger charge is 2.48. The van der Waals surface area contributed by atoms with E-state index in [0.717, 1.165) is 30.3 Å². The molecule has 1 radical (unpaired) electrons. The van der Waals surface area contributed by atoms with Gasteiger partial charge in [0.25, 0.3) is 0 Å². The molecule has 0 N–H and O–H groups in total. The van der Waals surface area contributed by atoms with Gasteiger partial charge in [-0.2, -0.15) is 0 Å². The van der Waals surface area contributed by atoms with Gasteiger partial charge in [0.2, 0.25) is 0 Å². The lowest BCUT2D eigenvalue weighted by molar-refractivity contribution is 0.0180. The van der Waals surface area contributed by atoms with Crippen LogP contribution in [0.1, 0.15) is 32.1 Å².